The van der Waals surface area contributed by atoms with Gasteiger partial charge < -0.3 is 44.1 Å². The molecule has 3 rings (SSSR count). The zero-order valence-electron chi connectivity index (χ0n) is 32.6. The van der Waals surface area contributed by atoms with Crippen LogP contribution in [0.2, 0.25) is 0 Å². The summed E-state index contributed by atoms with van der Waals surface area (Å²) >= 11 is 0. The third-order valence-electron chi connectivity index (χ3n) is 9.69. The summed E-state index contributed by atoms with van der Waals surface area (Å²) in [5.41, 5.74) is 5.11. The summed E-state index contributed by atoms with van der Waals surface area (Å²) in [6.45, 7) is 4.53. The number of amides is 3. The van der Waals surface area contributed by atoms with Crippen molar-refractivity contribution in [1.82, 2.24) is 20.4 Å². The molecule has 0 saturated heterocycles. The molecule has 0 aromatic heterocycles. The fourth-order valence-corrected chi connectivity index (χ4v) is 6.47. The molecule has 0 bridgehead atoms. The standard InChI is InChI=1S/C41H58N4O10/c1-42-39(49)16-14-34(29-47)44(3)26-37-31(8-4-10-33(37)28-46)11-6-18-52-20-22-54-24-25-55-23-21-53-19-7-12-32-9-5-13-36-38(32)27-45(41(36)51)35(30-48)15-17-40(50)43-2/h4-5,8-10,13,28-30,34-35H,6-7,11-12,14-27H2,1-3H3,(H,42,49)(H,43,50). The number of fused-ring (bicyclic) bond motifs is 1. The highest BCUT2D eigenvalue weighted by Crippen LogP contribution is 2.29. The van der Waals surface area contributed by atoms with Crippen molar-refractivity contribution in [2.45, 2.75) is 76.5 Å². The van der Waals surface area contributed by atoms with Crippen LogP contribution in [0.15, 0.2) is 36.4 Å². The number of ether oxygens (including phenoxy) is 4. The van der Waals surface area contributed by atoms with Crippen LogP contribution in [-0.2, 0) is 64.1 Å². The Morgan fingerprint density at radius 2 is 1.31 bits per heavy atom. The smallest absolute Gasteiger partial charge is 0.255 e. The number of carbonyl (C=O) groups is 6. The van der Waals surface area contributed by atoms with E-state index < -0.39 is 12.1 Å². The van der Waals surface area contributed by atoms with Crippen molar-refractivity contribution in [3.63, 3.8) is 0 Å². The van der Waals surface area contributed by atoms with Gasteiger partial charge in [-0.25, -0.2) is 0 Å². The Labute approximate surface area is 324 Å². The molecule has 3 amide bonds. The Balaban J connectivity index is 1.23. The van der Waals surface area contributed by atoms with Crippen molar-refractivity contribution in [1.29, 1.82) is 0 Å². The van der Waals surface area contributed by atoms with E-state index in [1.165, 1.54) is 0 Å². The van der Waals surface area contributed by atoms with Crippen LogP contribution in [0, 0.1) is 0 Å². The van der Waals surface area contributed by atoms with Gasteiger partial charge in [-0.3, -0.25) is 24.1 Å². The summed E-state index contributed by atoms with van der Waals surface area (Å²) in [5.74, 6) is -0.459. The van der Waals surface area contributed by atoms with Gasteiger partial charge in [0.25, 0.3) is 5.91 Å². The largest absolute Gasteiger partial charge is 0.379 e. The van der Waals surface area contributed by atoms with Gasteiger partial charge in [0.1, 0.15) is 18.9 Å². The van der Waals surface area contributed by atoms with Gasteiger partial charge in [0, 0.05) is 64.4 Å². The van der Waals surface area contributed by atoms with Crippen LogP contribution in [0.5, 0.6) is 0 Å². The minimum absolute atomic E-state index is 0.119. The quantitative estimate of drug-likeness (QED) is 0.0886. The monoisotopic (exact) mass is 766 g/mol. The third-order valence-corrected chi connectivity index (χ3v) is 9.69. The van der Waals surface area contributed by atoms with Gasteiger partial charge >= 0.3 is 0 Å². The minimum Gasteiger partial charge on any atom is -0.379 e. The number of nitrogens with zero attached hydrogens (tertiary/aromatic N) is 2. The van der Waals surface area contributed by atoms with Crippen LogP contribution in [0.4, 0.5) is 0 Å². The molecule has 55 heavy (non-hydrogen) atoms. The van der Waals surface area contributed by atoms with Gasteiger partial charge in [0.05, 0.1) is 51.7 Å². The number of carbonyl (C=O) groups excluding carboxylic acids is 6. The van der Waals surface area contributed by atoms with Crippen molar-refractivity contribution in [2.75, 3.05) is 74.0 Å². The summed E-state index contributed by atoms with van der Waals surface area (Å²) in [6.07, 6.45) is 6.52. The van der Waals surface area contributed by atoms with E-state index in [1.54, 1.807) is 31.1 Å². The van der Waals surface area contributed by atoms with E-state index in [1.807, 2.05) is 36.2 Å². The second-order valence-electron chi connectivity index (χ2n) is 13.4. The lowest BCUT2D eigenvalue weighted by atomic mass is 9.97. The van der Waals surface area contributed by atoms with Crippen LogP contribution in [0.25, 0.3) is 0 Å². The van der Waals surface area contributed by atoms with E-state index in [0.717, 1.165) is 60.4 Å². The average Bonchev–Trinajstić information content (AvgIpc) is 3.54. The molecule has 2 N–H and O–H groups in total. The molecule has 302 valence electrons. The Bertz CT molecular complexity index is 1540. The van der Waals surface area contributed by atoms with Crippen LogP contribution in [0.1, 0.15) is 81.5 Å². The zero-order chi connectivity index (χ0) is 39.8. The molecule has 0 saturated carbocycles. The van der Waals surface area contributed by atoms with E-state index >= 15 is 0 Å². The first-order valence-corrected chi connectivity index (χ1v) is 19.1. The average molecular weight is 767 g/mol. The predicted molar refractivity (Wildman–Crippen MR) is 206 cm³/mol. The highest BCUT2D eigenvalue weighted by Gasteiger charge is 2.34. The van der Waals surface area contributed by atoms with Gasteiger partial charge in [-0.2, -0.15) is 0 Å². The first kappa shape index (κ1) is 45.1. The maximum absolute atomic E-state index is 13.0. The molecule has 2 unspecified atom stereocenters. The number of benzene rings is 2. The zero-order valence-corrected chi connectivity index (χ0v) is 32.6. The number of rotatable bonds is 30. The maximum Gasteiger partial charge on any atom is 0.255 e. The number of hydrogen-bond donors (Lipinski definition) is 2. The van der Waals surface area contributed by atoms with E-state index in [9.17, 15) is 28.8 Å². The Hall–Kier alpha value is -4.34. The number of hydrogen-bond acceptors (Lipinski definition) is 11. The van der Waals surface area contributed by atoms with Crippen LogP contribution >= 0.6 is 0 Å². The number of nitrogens with one attached hydrogen (secondary N) is 2. The molecule has 1 aliphatic heterocycles. The number of aryl methyl sites for hydroxylation is 2. The van der Waals surface area contributed by atoms with E-state index in [0.29, 0.717) is 89.9 Å². The summed E-state index contributed by atoms with van der Waals surface area (Å²) in [5, 5.41) is 5.12. The van der Waals surface area contributed by atoms with Gasteiger partial charge in [-0.05, 0) is 73.9 Å². The first-order valence-electron chi connectivity index (χ1n) is 19.1. The first-order chi connectivity index (χ1) is 26.8. The highest BCUT2D eigenvalue weighted by atomic mass is 16.6. The van der Waals surface area contributed by atoms with E-state index in [-0.39, 0.29) is 37.0 Å². The molecule has 0 aliphatic carbocycles. The summed E-state index contributed by atoms with van der Waals surface area (Å²) in [7, 11) is 4.94. The normalized spacial score (nSPS) is 13.4. The van der Waals surface area contributed by atoms with Crippen molar-refractivity contribution in [2.24, 2.45) is 0 Å². The lowest BCUT2D eigenvalue weighted by Crippen LogP contribution is -2.37. The molecule has 0 fully saturated rings. The summed E-state index contributed by atoms with van der Waals surface area (Å²) in [4.78, 5) is 75.0. The molecule has 2 aromatic rings. The molecule has 14 heteroatoms. The number of aldehydes is 3. The third kappa shape index (κ3) is 15.0. The van der Waals surface area contributed by atoms with Gasteiger partial charge in [-0.1, -0.05) is 30.3 Å². The molecule has 2 atom stereocenters. The lowest BCUT2D eigenvalue weighted by Gasteiger charge is -2.25. The molecule has 1 aliphatic rings. The Morgan fingerprint density at radius 3 is 1.87 bits per heavy atom. The molecule has 0 radical (unpaired) electrons. The highest BCUT2D eigenvalue weighted by molar-refractivity contribution is 6.00. The SMILES string of the molecule is CNC(=O)CCC(C=O)N(C)Cc1c(C=O)cccc1CCCOCCOCCOCCOCCCc1cccc2c1CN(C(C=O)CCC(=O)NC)C2=O. The second-order valence-corrected chi connectivity index (χ2v) is 13.4. The molecular formula is C41H58N4O10. The predicted octanol–water partition coefficient (Wildman–Crippen LogP) is 2.71. The topological polar surface area (TPSA) is 170 Å². The van der Waals surface area contributed by atoms with Gasteiger partial charge in [0.15, 0.2) is 0 Å². The number of likely N-dealkylation sites (N-methyl/N-ethyl adjacent to an activating group) is 1. The van der Waals surface area contributed by atoms with Crippen LogP contribution < -0.4 is 10.6 Å². The Kier molecular flexibility index (Phi) is 21.0. The molecule has 14 nitrogen and oxygen atoms in total. The molecule has 0 spiro atoms. The minimum atomic E-state index is -0.641. The second kappa shape index (κ2) is 25.7. The van der Waals surface area contributed by atoms with E-state index in [2.05, 4.69) is 10.6 Å². The lowest BCUT2D eigenvalue weighted by molar-refractivity contribution is -0.122. The molecule has 1 heterocycles. The van der Waals surface area contributed by atoms with Gasteiger partial charge in [-0.15, -0.1) is 0 Å². The summed E-state index contributed by atoms with van der Waals surface area (Å²) in [6, 6.07) is 10.2. The van der Waals surface area contributed by atoms with Crippen LogP contribution in [-0.4, -0.2) is 132 Å². The van der Waals surface area contributed by atoms with Gasteiger partial charge in [0.2, 0.25) is 11.8 Å². The Morgan fingerprint density at radius 1 is 0.764 bits per heavy atom. The fourth-order valence-electron chi connectivity index (χ4n) is 6.47. The molecule has 2 aromatic carbocycles. The van der Waals surface area contributed by atoms with E-state index in [4.69, 9.17) is 18.9 Å². The molecular weight excluding hydrogens is 708 g/mol. The van der Waals surface area contributed by atoms with Crippen molar-refractivity contribution in [3.05, 3.63) is 69.8 Å². The van der Waals surface area contributed by atoms with Crippen molar-refractivity contribution < 1.29 is 47.7 Å². The van der Waals surface area contributed by atoms with Crippen molar-refractivity contribution in [3.8, 4) is 0 Å². The van der Waals surface area contributed by atoms with Crippen molar-refractivity contribution >= 4 is 36.6 Å². The maximum atomic E-state index is 13.0. The summed E-state index contributed by atoms with van der Waals surface area (Å²) < 4.78 is 22.7. The van der Waals surface area contributed by atoms with Crippen LogP contribution in [0.3, 0.4) is 0 Å². The fraction of sp³-hybridized carbons (Fsp3) is 0.561.